The van der Waals surface area contributed by atoms with Gasteiger partial charge >= 0.3 is 0 Å². The summed E-state index contributed by atoms with van der Waals surface area (Å²) in [7, 11) is 0. The van der Waals surface area contributed by atoms with Crippen LogP contribution in [0, 0.1) is 0 Å². The predicted molar refractivity (Wildman–Crippen MR) is 88.1 cm³/mol. The van der Waals surface area contributed by atoms with Crippen molar-refractivity contribution in [1.82, 2.24) is 9.55 Å². The van der Waals surface area contributed by atoms with Gasteiger partial charge in [0, 0.05) is 31.4 Å². The second-order valence-corrected chi connectivity index (χ2v) is 5.67. The number of nitrogens with zero attached hydrogens (tertiary/aromatic N) is 2. The summed E-state index contributed by atoms with van der Waals surface area (Å²) in [4.78, 5) is 4.48. The summed E-state index contributed by atoms with van der Waals surface area (Å²) in [6, 6.07) is 10.3. The number of unbranched alkanes of at least 4 members (excludes halogenated alkanes) is 4. The van der Waals surface area contributed by atoms with E-state index in [4.69, 9.17) is 5.73 Å². The molecule has 0 saturated carbocycles. The zero-order valence-corrected chi connectivity index (χ0v) is 13.0. The molecule has 0 aliphatic rings. The van der Waals surface area contributed by atoms with Crippen LogP contribution in [0.4, 0.5) is 0 Å². The molecular formula is C18H27N3. The zero-order valence-electron chi connectivity index (χ0n) is 13.0. The van der Waals surface area contributed by atoms with E-state index in [1.54, 1.807) is 0 Å². The topological polar surface area (TPSA) is 43.8 Å². The molecule has 1 heterocycles. The van der Waals surface area contributed by atoms with Gasteiger partial charge in [0.15, 0.2) is 0 Å². The maximum absolute atomic E-state index is 6.30. The van der Waals surface area contributed by atoms with E-state index in [0.717, 1.165) is 18.8 Å². The van der Waals surface area contributed by atoms with Crippen LogP contribution in [0.15, 0.2) is 42.7 Å². The van der Waals surface area contributed by atoms with E-state index in [0.29, 0.717) is 0 Å². The van der Waals surface area contributed by atoms with Crippen molar-refractivity contribution in [2.75, 3.05) is 0 Å². The third-order valence-electron chi connectivity index (χ3n) is 3.93. The number of rotatable bonds is 9. The maximum atomic E-state index is 6.30. The smallest absolute Gasteiger partial charge is 0.110 e. The fraction of sp³-hybridized carbons (Fsp3) is 0.500. The zero-order chi connectivity index (χ0) is 14.9. The van der Waals surface area contributed by atoms with Crippen LogP contribution >= 0.6 is 0 Å². The highest BCUT2D eigenvalue weighted by atomic mass is 15.1. The van der Waals surface area contributed by atoms with Crippen LogP contribution in [0.1, 0.15) is 56.5 Å². The largest absolute Gasteiger partial charge is 0.335 e. The lowest BCUT2D eigenvalue weighted by molar-refractivity contribution is 0.542. The molecule has 0 saturated heterocycles. The van der Waals surface area contributed by atoms with Gasteiger partial charge in [-0.1, -0.05) is 62.9 Å². The van der Waals surface area contributed by atoms with Crippen molar-refractivity contribution in [3.05, 3.63) is 54.1 Å². The first-order valence-corrected chi connectivity index (χ1v) is 8.11. The fourth-order valence-corrected chi connectivity index (χ4v) is 2.63. The van der Waals surface area contributed by atoms with Gasteiger partial charge in [-0.25, -0.2) is 4.98 Å². The summed E-state index contributed by atoms with van der Waals surface area (Å²) in [5, 5.41) is 0. The number of hydrogen-bond acceptors (Lipinski definition) is 2. The average molecular weight is 285 g/mol. The molecule has 2 rings (SSSR count). The van der Waals surface area contributed by atoms with Crippen molar-refractivity contribution in [1.29, 1.82) is 0 Å². The molecule has 2 aromatic rings. The van der Waals surface area contributed by atoms with Crippen LogP contribution in [0.25, 0.3) is 0 Å². The summed E-state index contributed by atoms with van der Waals surface area (Å²) < 4.78 is 2.26. The molecule has 114 valence electrons. The predicted octanol–water partition coefficient (Wildman–Crippen LogP) is 4.10. The minimum Gasteiger partial charge on any atom is -0.335 e. The lowest BCUT2D eigenvalue weighted by atomic mass is 10.0. The highest BCUT2D eigenvalue weighted by Crippen LogP contribution is 2.15. The molecule has 0 aliphatic heterocycles. The van der Waals surface area contributed by atoms with Gasteiger partial charge in [-0.05, 0) is 12.0 Å². The van der Waals surface area contributed by atoms with Gasteiger partial charge in [0.2, 0.25) is 0 Å². The Kier molecular flexibility index (Phi) is 6.48. The van der Waals surface area contributed by atoms with Gasteiger partial charge < -0.3 is 10.3 Å². The van der Waals surface area contributed by atoms with Gasteiger partial charge in [-0.15, -0.1) is 0 Å². The Morgan fingerprint density at radius 2 is 1.86 bits per heavy atom. The SMILES string of the molecule is CCCCCCCn1ccnc1CC(N)c1ccccc1. The van der Waals surface area contributed by atoms with Crippen LogP contribution in [0.3, 0.4) is 0 Å². The molecule has 1 unspecified atom stereocenters. The minimum absolute atomic E-state index is 0.0208. The Morgan fingerprint density at radius 3 is 2.62 bits per heavy atom. The van der Waals surface area contributed by atoms with E-state index >= 15 is 0 Å². The Bertz CT molecular complexity index is 504. The standard InChI is InChI=1S/C18H27N3/c1-2-3-4-5-9-13-21-14-12-20-18(21)15-17(19)16-10-7-6-8-11-16/h6-8,10-12,14,17H,2-5,9,13,15,19H2,1H3. The van der Waals surface area contributed by atoms with Gasteiger partial charge in [0.05, 0.1) is 0 Å². The third-order valence-corrected chi connectivity index (χ3v) is 3.93. The summed E-state index contributed by atoms with van der Waals surface area (Å²) in [6.07, 6.45) is 11.3. The molecule has 0 amide bonds. The first-order chi connectivity index (χ1) is 10.3. The fourth-order valence-electron chi connectivity index (χ4n) is 2.63. The number of nitrogens with two attached hydrogens (primary N) is 1. The Labute approximate surface area is 128 Å². The molecule has 0 bridgehead atoms. The van der Waals surface area contributed by atoms with Crippen molar-refractivity contribution < 1.29 is 0 Å². The first-order valence-electron chi connectivity index (χ1n) is 8.11. The van der Waals surface area contributed by atoms with Crippen molar-refractivity contribution >= 4 is 0 Å². The molecular weight excluding hydrogens is 258 g/mol. The molecule has 0 fully saturated rings. The first kappa shape index (κ1) is 15.8. The second kappa shape index (κ2) is 8.63. The molecule has 1 aromatic heterocycles. The van der Waals surface area contributed by atoms with E-state index in [2.05, 4.69) is 34.8 Å². The van der Waals surface area contributed by atoms with Crippen molar-refractivity contribution in [3.63, 3.8) is 0 Å². The summed E-state index contributed by atoms with van der Waals surface area (Å²) in [5.74, 6) is 1.10. The molecule has 2 N–H and O–H groups in total. The second-order valence-electron chi connectivity index (χ2n) is 5.67. The lowest BCUT2D eigenvalue weighted by Gasteiger charge is -2.13. The number of aryl methyl sites for hydroxylation is 1. The molecule has 1 aromatic carbocycles. The van der Waals surface area contributed by atoms with Crippen LogP contribution < -0.4 is 5.73 Å². The lowest BCUT2D eigenvalue weighted by Crippen LogP contribution is -2.16. The Hall–Kier alpha value is -1.61. The monoisotopic (exact) mass is 285 g/mol. The molecule has 21 heavy (non-hydrogen) atoms. The highest BCUT2D eigenvalue weighted by molar-refractivity contribution is 5.19. The maximum Gasteiger partial charge on any atom is 0.110 e. The average Bonchev–Trinajstić information content (AvgIpc) is 2.95. The quantitative estimate of drug-likeness (QED) is 0.705. The molecule has 0 spiro atoms. The Morgan fingerprint density at radius 1 is 1.10 bits per heavy atom. The normalized spacial score (nSPS) is 12.5. The summed E-state index contributed by atoms with van der Waals surface area (Å²) >= 11 is 0. The van der Waals surface area contributed by atoms with Crippen LogP contribution in [-0.2, 0) is 13.0 Å². The van der Waals surface area contributed by atoms with E-state index in [9.17, 15) is 0 Å². The molecule has 1 atom stereocenters. The number of aromatic nitrogens is 2. The van der Waals surface area contributed by atoms with Gasteiger partial charge in [0.1, 0.15) is 5.82 Å². The molecule has 3 heteroatoms. The molecule has 0 radical (unpaired) electrons. The van der Waals surface area contributed by atoms with Crippen LogP contribution in [0.2, 0.25) is 0 Å². The molecule has 0 aliphatic carbocycles. The third kappa shape index (κ3) is 5.01. The van der Waals surface area contributed by atoms with E-state index in [1.807, 2.05) is 24.4 Å². The van der Waals surface area contributed by atoms with E-state index in [1.165, 1.54) is 37.7 Å². The van der Waals surface area contributed by atoms with Gasteiger partial charge in [0.25, 0.3) is 0 Å². The minimum atomic E-state index is 0.0208. The van der Waals surface area contributed by atoms with E-state index in [-0.39, 0.29) is 6.04 Å². The number of hydrogen-bond donors (Lipinski definition) is 1. The van der Waals surface area contributed by atoms with Crippen LogP contribution in [0.5, 0.6) is 0 Å². The number of benzene rings is 1. The van der Waals surface area contributed by atoms with Crippen molar-refractivity contribution in [3.8, 4) is 0 Å². The van der Waals surface area contributed by atoms with E-state index < -0.39 is 0 Å². The highest BCUT2D eigenvalue weighted by Gasteiger charge is 2.10. The van der Waals surface area contributed by atoms with Gasteiger partial charge in [-0.2, -0.15) is 0 Å². The Balaban J connectivity index is 1.85. The van der Waals surface area contributed by atoms with Crippen molar-refractivity contribution in [2.24, 2.45) is 5.73 Å². The van der Waals surface area contributed by atoms with Gasteiger partial charge in [-0.3, -0.25) is 0 Å². The molecule has 3 nitrogen and oxygen atoms in total. The summed E-state index contributed by atoms with van der Waals surface area (Å²) in [5.41, 5.74) is 7.47. The van der Waals surface area contributed by atoms with Crippen molar-refractivity contribution in [2.45, 2.75) is 58.0 Å². The van der Waals surface area contributed by atoms with Crippen LogP contribution in [-0.4, -0.2) is 9.55 Å². The summed E-state index contributed by atoms with van der Waals surface area (Å²) in [6.45, 7) is 3.31. The number of imidazole rings is 1.